The lowest BCUT2D eigenvalue weighted by atomic mass is 10.0. The Balaban J connectivity index is 2.40. The molecule has 1 aliphatic rings. The van der Waals surface area contributed by atoms with E-state index in [2.05, 4.69) is 19.2 Å². The summed E-state index contributed by atoms with van der Waals surface area (Å²) in [6.45, 7) is 7.00. The van der Waals surface area contributed by atoms with Gasteiger partial charge in [-0.2, -0.15) is 0 Å². The highest BCUT2D eigenvalue weighted by Crippen LogP contribution is 2.10. The van der Waals surface area contributed by atoms with E-state index < -0.39 is 0 Å². The van der Waals surface area contributed by atoms with Gasteiger partial charge in [0.2, 0.25) is 5.91 Å². The number of likely N-dealkylation sites (N-methyl/N-ethyl adjacent to an activating group) is 1. The number of amides is 1. The minimum atomic E-state index is 0.0931. The Morgan fingerprint density at radius 1 is 1.40 bits per heavy atom. The van der Waals surface area contributed by atoms with Crippen molar-refractivity contribution in [3.8, 4) is 0 Å². The van der Waals surface area contributed by atoms with Crippen molar-refractivity contribution in [2.45, 2.75) is 52.0 Å². The second-order valence-electron chi connectivity index (χ2n) is 4.27. The molecule has 0 spiro atoms. The van der Waals surface area contributed by atoms with Crippen molar-refractivity contribution in [3.63, 3.8) is 0 Å². The van der Waals surface area contributed by atoms with Crippen LogP contribution in [-0.4, -0.2) is 36.5 Å². The summed E-state index contributed by atoms with van der Waals surface area (Å²) in [5.41, 5.74) is 0. The van der Waals surface area contributed by atoms with E-state index in [0.29, 0.717) is 5.91 Å². The largest absolute Gasteiger partial charge is 0.342 e. The number of hydrogen-bond acceptors (Lipinski definition) is 2. The maximum Gasteiger partial charge on any atom is 0.239 e. The van der Waals surface area contributed by atoms with Crippen LogP contribution in [0.3, 0.4) is 0 Å². The molecular formula is C12H24N2O. The van der Waals surface area contributed by atoms with Gasteiger partial charge in [-0.1, -0.05) is 19.8 Å². The van der Waals surface area contributed by atoms with E-state index >= 15 is 0 Å². The number of unbranched alkanes of at least 4 members (excludes halogenated alkanes) is 1. The number of nitrogens with one attached hydrogen (secondary N) is 1. The van der Waals surface area contributed by atoms with E-state index in [1.54, 1.807) is 0 Å². The highest BCUT2D eigenvalue weighted by atomic mass is 16.2. The zero-order valence-electron chi connectivity index (χ0n) is 10.1. The Morgan fingerprint density at radius 3 is 2.73 bits per heavy atom. The molecule has 1 saturated heterocycles. The molecule has 3 nitrogen and oxygen atoms in total. The number of rotatable bonds is 5. The Labute approximate surface area is 93.2 Å². The molecule has 0 unspecified atom stereocenters. The van der Waals surface area contributed by atoms with Crippen LogP contribution >= 0.6 is 0 Å². The van der Waals surface area contributed by atoms with Crippen molar-refractivity contribution in [3.05, 3.63) is 0 Å². The number of carbonyl (C=O) groups is 1. The third-order valence-electron chi connectivity index (χ3n) is 3.08. The van der Waals surface area contributed by atoms with Crippen LogP contribution in [0.4, 0.5) is 0 Å². The van der Waals surface area contributed by atoms with Gasteiger partial charge in [0.25, 0.3) is 0 Å². The first-order valence-corrected chi connectivity index (χ1v) is 6.31. The lowest BCUT2D eigenvalue weighted by Gasteiger charge is -2.29. The average Bonchev–Trinajstić information content (AvgIpc) is 2.31. The predicted molar refractivity (Wildman–Crippen MR) is 62.8 cm³/mol. The number of nitrogens with zero attached hydrogens (tertiary/aromatic N) is 1. The van der Waals surface area contributed by atoms with Crippen molar-refractivity contribution in [2.75, 3.05) is 19.6 Å². The quantitative estimate of drug-likeness (QED) is 0.753. The topological polar surface area (TPSA) is 32.3 Å². The van der Waals surface area contributed by atoms with Gasteiger partial charge >= 0.3 is 0 Å². The van der Waals surface area contributed by atoms with Crippen LogP contribution in [0, 0.1) is 0 Å². The van der Waals surface area contributed by atoms with Gasteiger partial charge in [-0.25, -0.2) is 0 Å². The number of carbonyl (C=O) groups excluding carboxylic acids is 1. The third kappa shape index (κ3) is 3.82. The van der Waals surface area contributed by atoms with E-state index in [1.807, 2.05) is 4.90 Å². The Bertz CT molecular complexity index is 188. The van der Waals surface area contributed by atoms with Gasteiger partial charge in [-0.3, -0.25) is 4.79 Å². The molecule has 0 bridgehead atoms. The van der Waals surface area contributed by atoms with E-state index in [1.165, 1.54) is 12.8 Å². The lowest BCUT2D eigenvalue weighted by Crippen LogP contribution is -2.48. The molecular weight excluding hydrogens is 188 g/mol. The summed E-state index contributed by atoms with van der Waals surface area (Å²) in [4.78, 5) is 14.1. The van der Waals surface area contributed by atoms with Gasteiger partial charge < -0.3 is 10.2 Å². The molecule has 15 heavy (non-hydrogen) atoms. The fraction of sp³-hybridized carbons (Fsp3) is 0.917. The van der Waals surface area contributed by atoms with E-state index in [4.69, 9.17) is 0 Å². The molecule has 0 aromatic carbocycles. The molecule has 1 atom stereocenters. The summed E-state index contributed by atoms with van der Waals surface area (Å²) < 4.78 is 0. The maximum absolute atomic E-state index is 12.1. The summed E-state index contributed by atoms with van der Waals surface area (Å²) in [6.07, 6.45) is 5.69. The van der Waals surface area contributed by atoms with E-state index in [-0.39, 0.29) is 6.04 Å². The van der Waals surface area contributed by atoms with Gasteiger partial charge in [0.1, 0.15) is 0 Å². The van der Waals surface area contributed by atoms with Crippen LogP contribution in [0.5, 0.6) is 0 Å². The van der Waals surface area contributed by atoms with E-state index in [9.17, 15) is 4.79 Å². The Kier molecular flexibility index (Phi) is 5.69. The highest BCUT2D eigenvalue weighted by Gasteiger charge is 2.24. The van der Waals surface area contributed by atoms with Crippen LogP contribution in [0.25, 0.3) is 0 Å². The second kappa shape index (κ2) is 6.83. The Morgan fingerprint density at radius 2 is 2.20 bits per heavy atom. The first kappa shape index (κ1) is 12.5. The summed E-state index contributed by atoms with van der Waals surface area (Å²) in [7, 11) is 0. The van der Waals surface area contributed by atoms with Crippen molar-refractivity contribution >= 4 is 5.91 Å². The van der Waals surface area contributed by atoms with Crippen LogP contribution in [0.2, 0.25) is 0 Å². The Hall–Kier alpha value is -0.570. The van der Waals surface area contributed by atoms with Gasteiger partial charge in [0, 0.05) is 13.1 Å². The number of piperidine rings is 1. The summed E-state index contributed by atoms with van der Waals surface area (Å²) in [5, 5.41) is 3.32. The fourth-order valence-corrected chi connectivity index (χ4v) is 2.06. The summed E-state index contributed by atoms with van der Waals surface area (Å²) in [6, 6.07) is 0.0931. The molecule has 0 aliphatic carbocycles. The number of hydrogen-bond donors (Lipinski definition) is 1. The molecule has 1 fully saturated rings. The fourth-order valence-electron chi connectivity index (χ4n) is 2.06. The first-order chi connectivity index (χ1) is 7.29. The molecule has 0 saturated carbocycles. The van der Waals surface area contributed by atoms with Crippen molar-refractivity contribution in [1.29, 1.82) is 0 Å². The normalized spacial score (nSPS) is 21.3. The molecule has 1 aliphatic heterocycles. The smallest absolute Gasteiger partial charge is 0.239 e. The zero-order valence-corrected chi connectivity index (χ0v) is 10.1. The molecule has 1 rings (SSSR count). The molecule has 88 valence electrons. The van der Waals surface area contributed by atoms with Gasteiger partial charge in [0.05, 0.1) is 6.04 Å². The van der Waals surface area contributed by atoms with Crippen LogP contribution in [0.15, 0.2) is 0 Å². The standard InChI is InChI=1S/C12H24N2O/c1-3-5-10-14(4-2)12(15)11-8-6-7-9-13-11/h11,13H,3-10H2,1-2H3/t11-/m1/s1. The average molecular weight is 212 g/mol. The van der Waals surface area contributed by atoms with Crippen molar-refractivity contribution in [1.82, 2.24) is 10.2 Å². The summed E-state index contributed by atoms with van der Waals surface area (Å²) >= 11 is 0. The molecule has 1 heterocycles. The maximum atomic E-state index is 12.1. The summed E-state index contributed by atoms with van der Waals surface area (Å²) in [5.74, 6) is 0.311. The highest BCUT2D eigenvalue weighted by molar-refractivity contribution is 5.81. The lowest BCUT2D eigenvalue weighted by molar-refractivity contribution is -0.133. The van der Waals surface area contributed by atoms with Crippen molar-refractivity contribution in [2.24, 2.45) is 0 Å². The minimum absolute atomic E-state index is 0.0931. The molecule has 0 aromatic rings. The van der Waals surface area contributed by atoms with Crippen LogP contribution in [0.1, 0.15) is 46.0 Å². The molecule has 1 N–H and O–H groups in total. The molecule has 0 radical (unpaired) electrons. The van der Waals surface area contributed by atoms with E-state index in [0.717, 1.165) is 38.9 Å². The van der Waals surface area contributed by atoms with Crippen molar-refractivity contribution < 1.29 is 4.79 Å². The minimum Gasteiger partial charge on any atom is -0.342 e. The first-order valence-electron chi connectivity index (χ1n) is 6.31. The van der Waals surface area contributed by atoms with Gasteiger partial charge in [-0.05, 0) is 32.7 Å². The van der Waals surface area contributed by atoms with Gasteiger partial charge in [0.15, 0.2) is 0 Å². The van der Waals surface area contributed by atoms with Crippen LogP contribution < -0.4 is 5.32 Å². The molecule has 3 heteroatoms. The SMILES string of the molecule is CCCCN(CC)C(=O)[C@H]1CCCCN1. The van der Waals surface area contributed by atoms with Crippen LogP contribution in [-0.2, 0) is 4.79 Å². The monoisotopic (exact) mass is 212 g/mol. The molecule has 0 aromatic heterocycles. The predicted octanol–water partition coefficient (Wildman–Crippen LogP) is 1.78. The van der Waals surface area contributed by atoms with Gasteiger partial charge in [-0.15, -0.1) is 0 Å². The zero-order chi connectivity index (χ0) is 11.1. The molecule has 1 amide bonds. The third-order valence-corrected chi connectivity index (χ3v) is 3.08. The second-order valence-corrected chi connectivity index (χ2v) is 4.27.